The first-order valence-electron chi connectivity index (χ1n) is 6.03. The van der Waals surface area contributed by atoms with E-state index < -0.39 is 5.60 Å². The first-order valence-corrected chi connectivity index (χ1v) is 6.03. The van der Waals surface area contributed by atoms with Crippen molar-refractivity contribution in [2.24, 2.45) is 0 Å². The summed E-state index contributed by atoms with van der Waals surface area (Å²) < 4.78 is 0. The van der Waals surface area contributed by atoms with Gasteiger partial charge in [0.1, 0.15) is 5.82 Å². The SMILES string of the molecule is CCN(Cc1cccc(NC)n1)CC(C)(C)O. The van der Waals surface area contributed by atoms with Crippen molar-refractivity contribution in [2.45, 2.75) is 32.9 Å². The van der Waals surface area contributed by atoms with E-state index in [0.717, 1.165) is 24.6 Å². The van der Waals surface area contributed by atoms with Crippen molar-refractivity contribution in [1.29, 1.82) is 0 Å². The molecule has 0 radical (unpaired) electrons. The number of likely N-dealkylation sites (N-methyl/N-ethyl adjacent to an activating group) is 1. The lowest BCUT2D eigenvalue weighted by molar-refractivity contribution is 0.0350. The van der Waals surface area contributed by atoms with E-state index in [2.05, 4.69) is 22.1 Å². The van der Waals surface area contributed by atoms with E-state index >= 15 is 0 Å². The summed E-state index contributed by atoms with van der Waals surface area (Å²) in [6.45, 7) is 8.05. The Bertz CT molecular complexity index is 347. The monoisotopic (exact) mass is 237 g/mol. The van der Waals surface area contributed by atoms with Gasteiger partial charge in [-0.25, -0.2) is 4.98 Å². The highest BCUT2D eigenvalue weighted by molar-refractivity contribution is 5.34. The molecule has 0 aliphatic carbocycles. The number of aliphatic hydroxyl groups is 1. The van der Waals surface area contributed by atoms with Gasteiger partial charge in [0.15, 0.2) is 0 Å². The number of aromatic nitrogens is 1. The maximum Gasteiger partial charge on any atom is 0.126 e. The highest BCUT2D eigenvalue weighted by atomic mass is 16.3. The lowest BCUT2D eigenvalue weighted by atomic mass is 10.1. The molecule has 0 bridgehead atoms. The van der Waals surface area contributed by atoms with Crippen LogP contribution in [0.1, 0.15) is 26.5 Å². The summed E-state index contributed by atoms with van der Waals surface area (Å²) >= 11 is 0. The topological polar surface area (TPSA) is 48.4 Å². The van der Waals surface area contributed by atoms with E-state index in [9.17, 15) is 5.11 Å². The first kappa shape index (κ1) is 13.9. The van der Waals surface area contributed by atoms with Gasteiger partial charge in [-0.15, -0.1) is 0 Å². The van der Waals surface area contributed by atoms with Crippen molar-refractivity contribution >= 4 is 5.82 Å². The molecule has 96 valence electrons. The molecule has 1 heterocycles. The van der Waals surface area contributed by atoms with Gasteiger partial charge in [0.2, 0.25) is 0 Å². The molecule has 0 aliphatic rings. The number of rotatable bonds is 6. The van der Waals surface area contributed by atoms with Gasteiger partial charge in [-0.3, -0.25) is 4.90 Å². The fraction of sp³-hybridized carbons (Fsp3) is 0.615. The van der Waals surface area contributed by atoms with Gasteiger partial charge in [-0.1, -0.05) is 13.0 Å². The quantitative estimate of drug-likeness (QED) is 0.791. The highest BCUT2D eigenvalue weighted by Crippen LogP contribution is 2.10. The van der Waals surface area contributed by atoms with E-state index in [1.165, 1.54) is 0 Å². The minimum absolute atomic E-state index is 0.648. The largest absolute Gasteiger partial charge is 0.389 e. The van der Waals surface area contributed by atoms with E-state index in [-0.39, 0.29) is 0 Å². The molecule has 0 fully saturated rings. The van der Waals surface area contributed by atoms with Crippen molar-refractivity contribution in [3.8, 4) is 0 Å². The third-order valence-corrected chi connectivity index (χ3v) is 2.51. The van der Waals surface area contributed by atoms with Crippen LogP contribution < -0.4 is 5.32 Å². The zero-order valence-corrected chi connectivity index (χ0v) is 11.2. The minimum atomic E-state index is -0.670. The van der Waals surface area contributed by atoms with Gasteiger partial charge in [0, 0.05) is 20.1 Å². The van der Waals surface area contributed by atoms with Crippen LogP contribution in [0.5, 0.6) is 0 Å². The van der Waals surface area contributed by atoms with E-state index in [0.29, 0.717) is 6.54 Å². The number of pyridine rings is 1. The Hall–Kier alpha value is -1.13. The molecule has 0 amide bonds. The summed E-state index contributed by atoms with van der Waals surface area (Å²) in [6, 6.07) is 5.94. The molecule has 1 aromatic heterocycles. The summed E-state index contributed by atoms with van der Waals surface area (Å²) in [4.78, 5) is 6.66. The zero-order valence-electron chi connectivity index (χ0n) is 11.2. The van der Waals surface area contributed by atoms with E-state index in [1.807, 2.05) is 39.1 Å². The summed E-state index contributed by atoms with van der Waals surface area (Å²) in [6.07, 6.45) is 0. The highest BCUT2D eigenvalue weighted by Gasteiger charge is 2.17. The van der Waals surface area contributed by atoms with Crippen LogP contribution >= 0.6 is 0 Å². The second kappa shape index (κ2) is 5.98. The van der Waals surface area contributed by atoms with Gasteiger partial charge in [0.25, 0.3) is 0 Å². The molecule has 2 N–H and O–H groups in total. The Morgan fingerprint density at radius 3 is 2.65 bits per heavy atom. The van der Waals surface area contributed by atoms with E-state index in [4.69, 9.17) is 0 Å². The smallest absolute Gasteiger partial charge is 0.126 e. The van der Waals surface area contributed by atoms with Crippen LogP contribution in [-0.4, -0.2) is 40.7 Å². The van der Waals surface area contributed by atoms with Gasteiger partial charge < -0.3 is 10.4 Å². The van der Waals surface area contributed by atoms with Crippen molar-refractivity contribution in [3.05, 3.63) is 23.9 Å². The Balaban J connectivity index is 2.67. The molecular weight excluding hydrogens is 214 g/mol. The zero-order chi connectivity index (χ0) is 12.9. The van der Waals surface area contributed by atoms with Crippen molar-refractivity contribution in [2.75, 3.05) is 25.5 Å². The number of hydrogen-bond acceptors (Lipinski definition) is 4. The molecule has 4 nitrogen and oxygen atoms in total. The van der Waals surface area contributed by atoms with Gasteiger partial charge >= 0.3 is 0 Å². The molecule has 0 saturated heterocycles. The Morgan fingerprint density at radius 1 is 1.41 bits per heavy atom. The number of nitrogens with zero attached hydrogens (tertiary/aromatic N) is 2. The molecule has 1 rings (SSSR count). The van der Waals surface area contributed by atoms with Crippen LogP contribution in [0.25, 0.3) is 0 Å². The third kappa shape index (κ3) is 5.15. The molecule has 1 aromatic rings. The number of hydrogen-bond donors (Lipinski definition) is 2. The number of nitrogens with one attached hydrogen (secondary N) is 1. The fourth-order valence-electron chi connectivity index (χ4n) is 1.76. The molecule has 17 heavy (non-hydrogen) atoms. The second-order valence-corrected chi connectivity index (χ2v) is 4.88. The Labute approximate surface area is 104 Å². The van der Waals surface area contributed by atoms with Crippen LogP contribution in [0.2, 0.25) is 0 Å². The lowest BCUT2D eigenvalue weighted by Crippen LogP contribution is -2.38. The Kier molecular flexibility index (Phi) is 4.90. The van der Waals surface area contributed by atoms with Crippen LogP contribution in [0, 0.1) is 0 Å². The summed E-state index contributed by atoms with van der Waals surface area (Å²) in [5.41, 5.74) is 0.347. The molecule has 0 aliphatic heterocycles. The summed E-state index contributed by atoms with van der Waals surface area (Å²) in [5, 5.41) is 12.9. The molecule has 0 spiro atoms. The molecule has 0 saturated carbocycles. The van der Waals surface area contributed by atoms with Crippen LogP contribution in [-0.2, 0) is 6.54 Å². The van der Waals surface area contributed by atoms with Gasteiger partial charge in [-0.2, -0.15) is 0 Å². The maximum absolute atomic E-state index is 9.82. The molecule has 4 heteroatoms. The predicted octanol–water partition coefficient (Wildman–Crippen LogP) is 1.72. The average Bonchev–Trinajstić information content (AvgIpc) is 2.26. The normalized spacial score (nSPS) is 11.9. The van der Waals surface area contributed by atoms with Crippen LogP contribution in [0.4, 0.5) is 5.82 Å². The Morgan fingerprint density at radius 2 is 2.12 bits per heavy atom. The van der Waals surface area contributed by atoms with Crippen LogP contribution in [0.3, 0.4) is 0 Å². The molecular formula is C13H23N3O. The van der Waals surface area contributed by atoms with Crippen molar-refractivity contribution in [3.63, 3.8) is 0 Å². The standard InChI is InChI=1S/C13H23N3O/c1-5-16(10-13(2,3)17)9-11-7-6-8-12(14-4)15-11/h6-8,17H,5,9-10H2,1-4H3,(H,14,15). The molecule has 0 unspecified atom stereocenters. The number of anilines is 1. The van der Waals surface area contributed by atoms with Crippen molar-refractivity contribution in [1.82, 2.24) is 9.88 Å². The van der Waals surface area contributed by atoms with Gasteiger partial charge in [0.05, 0.1) is 11.3 Å². The first-order chi connectivity index (χ1) is 7.94. The lowest BCUT2D eigenvalue weighted by Gasteiger charge is -2.27. The summed E-state index contributed by atoms with van der Waals surface area (Å²) in [7, 11) is 1.86. The fourth-order valence-corrected chi connectivity index (χ4v) is 1.76. The van der Waals surface area contributed by atoms with Gasteiger partial charge in [-0.05, 0) is 32.5 Å². The second-order valence-electron chi connectivity index (χ2n) is 4.88. The minimum Gasteiger partial charge on any atom is -0.389 e. The average molecular weight is 237 g/mol. The molecule has 0 aromatic carbocycles. The van der Waals surface area contributed by atoms with E-state index in [1.54, 1.807) is 0 Å². The maximum atomic E-state index is 9.82. The predicted molar refractivity (Wildman–Crippen MR) is 71.0 cm³/mol. The molecule has 0 atom stereocenters. The third-order valence-electron chi connectivity index (χ3n) is 2.51. The van der Waals surface area contributed by atoms with Crippen LogP contribution in [0.15, 0.2) is 18.2 Å². The summed E-state index contributed by atoms with van der Waals surface area (Å²) in [5.74, 6) is 0.877. The van der Waals surface area contributed by atoms with Crippen molar-refractivity contribution < 1.29 is 5.11 Å².